The van der Waals surface area contributed by atoms with Crippen LogP contribution >= 0.6 is 0 Å². The topological polar surface area (TPSA) is 59.1 Å². The minimum absolute atomic E-state index is 0.305. The molecule has 0 saturated carbocycles. The Morgan fingerprint density at radius 2 is 1.52 bits per heavy atom. The molecule has 3 rings (SSSR count). The average Bonchev–Trinajstić information content (AvgIpc) is 2.55. The standard InChI is InChI=1S/C18H16N2O2S/c1-23(21,22)16-12-10-14(11-13-16)17-8-5-9-18(20-17)19-15-6-3-2-4-7-15/h2-13H,1H3,(H,19,20). The van der Waals surface area contributed by atoms with Crippen molar-refractivity contribution in [2.45, 2.75) is 4.90 Å². The van der Waals surface area contributed by atoms with Gasteiger partial charge in [-0.1, -0.05) is 36.4 Å². The molecule has 1 N–H and O–H groups in total. The molecule has 1 aromatic heterocycles. The molecule has 1 heterocycles. The fraction of sp³-hybridized carbons (Fsp3) is 0.0556. The summed E-state index contributed by atoms with van der Waals surface area (Å²) in [5, 5.41) is 3.24. The van der Waals surface area contributed by atoms with E-state index in [4.69, 9.17) is 0 Å². The third kappa shape index (κ3) is 3.76. The molecule has 0 amide bonds. The maximum Gasteiger partial charge on any atom is 0.175 e. The summed E-state index contributed by atoms with van der Waals surface area (Å²) in [6.07, 6.45) is 1.20. The van der Waals surface area contributed by atoms with E-state index >= 15 is 0 Å². The van der Waals surface area contributed by atoms with Crippen molar-refractivity contribution < 1.29 is 8.42 Å². The summed E-state index contributed by atoms with van der Waals surface area (Å²) in [5.41, 5.74) is 2.62. The lowest BCUT2D eigenvalue weighted by molar-refractivity contribution is 0.602. The molecule has 0 aliphatic carbocycles. The molecule has 0 unspecified atom stereocenters. The molecular weight excluding hydrogens is 308 g/mol. The maximum absolute atomic E-state index is 11.5. The van der Waals surface area contributed by atoms with Crippen molar-refractivity contribution >= 4 is 21.3 Å². The van der Waals surface area contributed by atoms with Gasteiger partial charge in [-0.25, -0.2) is 13.4 Å². The number of benzene rings is 2. The van der Waals surface area contributed by atoms with Gasteiger partial charge in [0.15, 0.2) is 9.84 Å². The van der Waals surface area contributed by atoms with Gasteiger partial charge in [0, 0.05) is 17.5 Å². The fourth-order valence-corrected chi connectivity index (χ4v) is 2.84. The van der Waals surface area contributed by atoms with E-state index in [0.29, 0.717) is 4.90 Å². The molecule has 116 valence electrons. The van der Waals surface area contributed by atoms with Gasteiger partial charge in [-0.15, -0.1) is 0 Å². The lowest BCUT2D eigenvalue weighted by Crippen LogP contribution is -1.97. The van der Waals surface area contributed by atoms with Crippen LogP contribution in [0.4, 0.5) is 11.5 Å². The second-order valence-corrected chi connectivity index (χ2v) is 7.21. The highest BCUT2D eigenvalue weighted by Crippen LogP contribution is 2.22. The molecule has 0 aliphatic rings. The Morgan fingerprint density at radius 1 is 0.826 bits per heavy atom. The minimum atomic E-state index is -3.18. The summed E-state index contributed by atoms with van der Waals surface area (Å²) in [7, 11) is -3.18. The quantitative estimate of drug-likeness (QED) is 0.791. The van der Waals surface area contributed by atoms with Gasteiger partial charge in [0.2, 0.25) is 0 Å². The Kier molecular flexibility index (Phi) is 4.12. The van der Waals surface area contributed by atoms with E-state index in [2.05, 4.69) is 10.3 Å². The lowest BCUT2D eigenvalue weighted by Gasteiger charge is -2.08. The van der Waals surface area contributed by atoms with Crippen LogP contribution in [0.15, 0.2) is 77.7 Å². The molecule has 4 nitrogen and oxygen atoms in total. The molecule has 2 aromatic carbocycles. The SMILES string of the molecule is CS(=O)(=O)c1ccc(-c2cccc(Nc3ccccc3)n2)cc1. The van der Waals surface area contributed by atoms with Crippen LogP contribution in [0.25, 0.3) is 11.3 Å². The van der Waals surface area contributed by atoms with E-state index in [9.17, 15) is 8.42 Å². The molecule has 0 spiro atoms. The first kappa shape index (κ1) is 15.2. The summed E-state index contributed by atoms with van der Waals surface area (Å²) >= 11 is 0. The second kappa shape index (κ2) is 6.22. The van der Waals surface area contributed by atoms with E-state index in [0.717, 1.165) is 22.8 Å². The van der Waals surface area contributed by atoms with E-state index in [1.165, 1.54) is 6.26 Å². The zero-order chi connectivity index (χ0) is 16.3. The Balaban J connectivity index is 1.88. The van der Waals surface area contributed by atoms with Crippen molar-refractivity contribution in [3.05, 3.63) is 72.8 Å². The van der Waals surface area contributed by atoms with Gasteiger partial charge in [0.1, 0.15) is 5.82 Å². The van der Waals surface area contributed by atoms with Crippen LogP contribution in [0, 0.1) is 0 Å². The highest BCUT2D eigenvalue weighted by Gasteiger charge is 2.07. The lowest BCUT2D eigenvalue weighted by atomic mass is 10.1. The van der Waals surface area contributed by atoms with Crippen molar-refractivity contribution in [1.29, 1.82) is 0 Å². The zero-order valence-corrected chi connectivity index (χ0v) is 13.4. The Labute approximate surface area is 135 Å². The molecule has 0 atom stereocenters. The second-order valence-electron chi connectivity index (χ2n) is 5.20. The van der Waals surface area contributed by atoms with Gasteiger partial charge >= 0.3 is 0 Å². The Bertz CT molecular complexity index is 905. The molecule has 23 heavy (non-hydrogen) atoms. The number of hydrogen-bond donors (Lipinski definition) is 1. The van der Waals surface area contributed by atoms with Crippen molar-refractivity contribution in [3.63, 3.8) is 0 Å². The monoisotopic (exact) mass is 324 g/mol. The summed E-state index contributed by atoms with van der Waals surface area (Å²) in [6.45, 7) is 0. The van der Waals surface area contributed by atoms with Crippen LogP contribution in [0.2, 0.25) is 0 Å². The van der Waals surface area contributed by atoms with Crippen molar-refractivity contribution in [3.8, 4) is 11.3 Å². The van der Waals surface area contributed by atoms with Crippen LogP contribution in [-0.4, -0.2) is 19.7 Å². The predicted molar refractivity (Wildman–Crippen MR) is 92.5 cm³/mol. The van der Waals surface area contributed by atoms with Gasteiger partial charge in [-0.3, -0.25) is 0 Å². The fourth-order valence-electron chi connectivity index (χ4n) is 2.21. The summed E-state index contributed by atoms with van der Waals surface area (Å²) in [5.74, 6) is 0.737. The van der Waals surface area contributed by atoms with Gasteiger partial charge in [-0.05, 0) is 36.4 Å². The van der Waals surface area contributed by atoms with Gasteiger partial charge in [0.25, 0.3) is 0 Å². The first-order valence-corrected chi connectivity index (χ1v) is 9.01. The highest BCUT2D eigenvalue weighted by atomic mass is 32.2. The van der Waals surface area contributed by atoms with Crippen LogP contribution in [0.1, 0.15) is 0 Å². The van der Waals surface area contributed by atoms with Gasteiger partial charge in [-0.2, -0.15) is 0 Å². The molecule has 0 fully saturated rings. The number of sulfone groups is 1. The number of pyridine rings is 1. The average molecular weight is 324 g/mol. The van der Waals surface area contributed by atoms with Crippen LogP contribution < -0.4 is 5.32 Å². The van der Waals surface area contributed by atoms with Crippen molar-refractivity contribution in [2.75, 3.05) is 11.6 Å². The van der Waals surface area contributed by atoms with Crippen molar-refractivity contribution in [2.24, 2.45) is 0 Å². The van der Waals surface area contributed by atoms with E-state index in [1.54, 1.807) is 24.3 Å². The highest BCUT2D eigenvalue weighted by molar-refractivity contribution is 7.90. The normalized spacial score (nSPS) is 11.2. The third-order valence-corrected chi connectivity index (χ3v) is 4.50. The maximum atomic E-state index is 11.5. The molecule has 0 bridgehead atoms. The predicted octanol–water partition coefficient (Wildman–Crippen LogP) is 3.90. The molecule has 5 heteroatoms. The number of anilines is 2. The molecule has 0 saturated heterocycles. The molecule has 0 aliphatic heterocycles. The number of aromatic nitrogens is 1. The van der Waals surface area contributed by atoms with Gasteiger partial charge < -0.3 is 5.32 Å². The zero-order valence-electron chi connectivity index (χ0n) is 12.6. The Hall–Kier alpha value is -2.66. The number of nitrogens with zero attached hydrogens (tertiary/aromatic N) is 1. The number of nitrogens with one attached hydrogen (secondary N) is 1. The van der Waals surface area contributed by atoms with E-state index in [1.807, 2.05) is 48.5 Å². The largest absolute Gasteiger partial charge is 0.340 e. The number of hydrogen-bond acceptors (Lipinski definition) is 4. The molecule has 3 aromatic rings. The van der Waals surface area contributed by atoms with E-state index in [-0.39, 0.29) is 0 Å². The van der Waals surface area contributed by atoms with E-state index < -0.39 is 9.84 Å². The van der Waals surface area contributed by atoms with Crippen LogP contribution in [0.3, 0.4) is 0 Å². The smallest absolute Gasteiger partial charge is 0.175 e. The number of para-hydroxylation sites is 1. The summed E-state index contributed by atoms with van der Waals surface area (Å²) < 4.78 is 23.0. The summed E-state index contributed by atoms with van der Waals surface area (Å²) in [6, 6.07) is 22.2. The van der Waals surface area contributed by atoms with Crippen LogP contribution in [0.5, 0.6) is 0 Å². The third-order valence-electron chi connectivity index (χ3n) is 3.37. The first-order chi connectivity index (χ1) is 11.0. The van der Waals surface area contributed by atoms with Crippen LogP contribution in [-0.2, 0) is 9.84 Å². The Morgan fingerprint density at radius 3 is 2.17 bits per heavy atom. The van der Waals surface area contributed by atoms with Gasteiger partial charge in [0.05, 0.1) is 10.6 Å². The number of rotatable bonds is 4. The van der Waals surface area contributed by atoms with Crippen molar-refractivity contribution in [1.82, 2.24) is 4.98 Å². The summed E-state index contributed by atoms with van der Waals surface area (Å²) in [4.78, 5) is 4.87. The molecular formula is C18H16N2O2S. The molecule has 0 radical (unpaired) electrons. The first-order valence-electron chi connectivity index (χ1n) is 7.12. The minimum Gasteiger partial charge on any atom is -0.340 e.